The van der Waals surface area contributed by atoms with Crippen LogP contribution in [-0.4, -0.2) is 24.9 Å². The minimum absolute atomic E-state index is 0.0561. The summed E-state index contributed by atoms with van der Waals surface area (Å²) in [5, 5.41) is 0. The van der Waals surface area contributed by atoms with Crippen molar-refractivity contribution in [2.24, 2.45) is 0 Å². The van der Waals surface area contributed by atoms with E-state index < -0.39 is 0 Å². The molecule has 1 radical (unpaired) electrons. The highest BCUT2D eigenvalue weighted by Crippen LogP contribution is 2.34. The van der Waals surface area contributed by atoms with Crippen LogP contribution in [0, 0.1) is 6.42 Å². The van der Waals surface area contributed by atoms with Crippen molar-refractivity contribution in [1.82, 2.24) is 0 Å². The molecule has 14 heavy (non-hydrogen) atoms. The summed E-state index contributed by atoms with van der Waals surface area (Å²) >= 11 is 0. The molecule has 1 saturated heterocycles. The van der Waals surface area contributed by atoms with Crippen LogP contribution >= 0.6 is 0 Å². The molecule has 0 aromatic heterocycles. The minimum atomic E-state index is 0.0561. The molecular formula is C12H17O2. The highest BCUT2D eigenvalue weighted by molar-refractivity contribution is 5.27. The Morgan fingerprint density at radius 3 is 3.14 bits per heavy atom. The van der Waals surface area contributed by atoms with Crippen molar-refractivity contribution >= 4 is 0 Å². The molecule has 2 bridgehead atoms. The first-order chi connectivity index (χ1) is 6.72. The molecule has 0 aromatic carbocycles. The van der Waals surface area contributed by atoms with Crippen LogP contribution in [0.4, 0.5) is 0 Å². The van der Waals surface area contributed by atoms with Gasteiger partial charge in [0, 0.05) is 19.4 Å². The van der Waals surface area contributed by atoms with Gasteiger partial charge in [0.25, 0.3) is 0 Å². The van der Waals surface area contributed by atoms with Crippen molar-refractivity contribution in [2.45, 2.75) is 38.6 Å². The van der Waals surface area contributed by atoms with Crippen LogP contribution in [0.2, 0.25) is 0 Å². The van der Waals surface area contributed by atoms with Crippen molar-refractivity contribution in [1.29, 1.82) is 0 Å². The van der Waals surface area contributed by atoms with Gasteiger partial charge in [0.05, 0.1) is 12.2 Å². The van der Waals surface area contributed by atoms with Gasteiger partial charge in [-0.15, -0.1) is 0 Å². The van der Waals surface area contributed by atoms with Gasteiger partial charge in [-0.2, -0.15) is 0 Å². The summed E-state index contributed by atoms with van der Waals surface area (Å²) in [5.74, 6) is 0. The molecule has 2 nitrogen and oxygen atoms in total. The molecule has 0 saturated carbocycles. The molecular weight excluding hydrogens is 176 g/mol. The number of ether oxygens (including phenoxy) is 2. The molecule has 77 valence electrons. The molecule has 2 rings (SSSR count). The van der Waals surface area contributed by atoms with Crippen molar-refractivity contribution in [3.05, 3.63) is 30.2 Å². The largest absolute Gasteiger partial charge is 0.371 e. The fourth-order valence-electron chi connectivity index (χ4n) is 2.06. The summed E-state index contributed by atoms with van der Waals surface area (Å²) in [4.78, 5) is 0. The van der Waals surface area contributed by atoms with Crippen LogP contribution < -0.4 is 0 Å². The zero-order valence-corrected chi connectivity index (χ0v) is 8.82. The topological polar surface area (TPSA) is 18.5 Å². The number of hydrogen-bond donors (Lipinski definition) is 0. The van der Waals surface area contributed by atoms with Crippen LogP contribution in [0.25, 0.3) is 0 Å². The van der Waals surface area contributed by atoms with Crippen LogP contribution in [0.15, 0.2) is 23.8 Å². The summed E-state index contributed by atoms with van der Waals surface area (Å²) in [6, 6.07) is 0. The van der Waals surface area contributed by atoms with Gasteiger partial charge in [0.1, 0.15) is 6.10 Å². The van der Waals surface area contributed by atoms with Gasteiger partial charge in [-0.25, -0.2) is 0 Å². The molecule has 2 heteroatoms. The Balaban J connectivity index is 2.14. The van der Waals surface area contributed by atoms with E-state index in [1.54, 1.807) is 0 Å². The van der Waals surface area contributed by atoms with E-state index in [-0.39, 0.29) is 18.3 Å². The molecule has 0 amide bonds. The molecule has 0 spiro atoms. The van der Waals surface area contributed by atoms with E-state index in [1.165, 1.54) is 5.57 Å². The average molecular weight is 193 g/mol. The van der Waals surface area contributed by atoms with E-state index in [0.717, 1.165) is 12.0 Å². The predicted octanol–water partition coefficient (Wildman–Crippen LogP) is 2.27. The van der Waals surface area contributed by atoms with Gasteiger partial charge >= 0.3 is 0 Å². The number of rotatable bonds is 2. The molecule has 2 heterocycles. The maximum atomic E-state index is 5.86. The van der Waals surface area contributed by atoms with Gasteiger partial charge < -0.3 is 9.47 Å². The average Bonchev–Trinajstić information content (AvgIpc) is 2.17. The summed E-state index contributed by atoms with van der Waals surface area (Å²) in [7, 11) is 0. The van der Waals surface area contributed by atoms with Gasteiger partial charge in [0.2, 0.25) is 0 Å². The Morgan fingerprint density at radius 1 is 1.64 bits per heavy atom. The molecule has 3 atom stereocenters. The third-order valence-electron chi connectivity index (χ3n) is 2.87. The Kier molecular flexibility index (Phi) is 2.75. The van der Waals surface area contributed by atoms with Crippen molar-refractivity contribution in [3.63, 3.8) is 0 Å². The summed E-state index contributed by atoms with van der Waals surface area (Å²) in [6.45, 7) is 8.90. The minimum Gasteiger partial charge on any atom is -0.371 e. The van der Waals surface area contributed by atoms with Crippen molar-refractivity contribution in [2.75, 3.05) is 6.61 Å². The third-order valence-corrected chi connectivity index (χ3v) is 2.87. The first-order valence-corrected chi connectivity index (χ1v) is 5.18. The van der Waals surface area contributed by atoms with E-state index in [9.17, 15) is 0 Å². The zero-order valence-electron chi connectivity index (χ0n) is 8.82. The Labute approximate surface area is 85.6 Å². The Bertz CT molecular complexity index is 267. The molecule has 2 aliphatic rings. The van der Waals surface area contributed by atoms with Crippen molar-refractivity contribution < 1.29 is 9.47 Å². The normalized spacial score (nSPS) is 36.9. The van der Waals surface area contributed by atoms with Gasteiger partial charge in [0.15, 0.2) is 0 Å². The number of hydrogen-bond acceptors (Lipinski definition) is 2. The van der Waals surface area contributed by atoms with E-state index in [1.807, 2.05) is 6.92 Å². The molecule has 0 aromatic rings. The van der Waals surface area contributed by atoms with E-state index in [0.29, 0.717) is 6.61 Å². The molecule has 0 aliphatic carbocycles. The lowest BCUT2D eigenvalue weighted by molar-refractivity contribution is -0.0881. The van der Waals surface area contributed by atoms with E-state index in [4.69, 9.17) is 9.47 Å². The monoisotopic (exact) mass is 193 g/mol. The maximum absolute atomic E-state index is 5.86. The van der Waals surface area contributed by atoms with Crippen molar-refractivity contribution in [3.8, 4) is 0 Å². The summed E-state index contributed by atoms with van der Waals surface area (Å²) in [5.41, 5.74) is 2.45. The van der Waals surface area contributed by atoms with Crippen LogP contribution in [0.5, 0.6) is 0 Å². The second kappa shape index (κ2) is 3.87. The highest BCUT2D eigenvalue weighted by Gasteiger charge is 2.36. The molecule has 0 unspecified atom stereocenters. The smallest absolute Gasteiger partial charge is 0.105 e. The lowest BCUT2D eigenvalue weighted by atomic mass is 9.87. The Morgan fingerprint density at radius 2 is 2.43 bits per heavy atom. The second-order valence-electron chi connectivity index (χ2n) is 3.93. The quantitative estimate of drug-likeness (QED) is 0.626. The first kappa shape index (κ1) is 9.94. The zero-order chi connectivity index (χ0) is 10.1. The fourth-order valence-corrected chi connectivity index (χ4v) is 2.06. The maximum Gasteiger partial charge on any atom is 0.105 e. The van der Waals surface area contributed by atoms with E-state index >= 15 is 0 Å². The van der Waals surface area contributed by atoms with Gasteiger partial charge in [-0.05, 0) is 25.0 Å². The van der Waals surface area contributed by atoms with Crippen LogP contribution in [0.3, 0.4) is 0 Å². The lowest BCUT2D eigenvalue weighted by Gasteiger charge is -2.40. The fraction of sp³-hybridized carbons (Fsp3) is 0.583. The third kappa shape index (κ3) is 1.64. The van der Waals surface area contributed by atoms with E-state index in [2.05, 4.69) is 26.0 Å². The summed E-state index contributed by atoms with van der Waals surface area (Å²) < 4.78 is 11.5. The number of fused-ring (bicyclic) bond motifs is 2. The first-order valence-electron chi connectivity index (χ1n) is 5.18. The van der Waals surface area contributed by atoms with Gasteiger partial charge in [-0.1, -0.05) is 12.7 Å². The van der Waals surface area contributed by atoms with Crippen LogP contribution in [0.1, 0.15) is 20.3 Å². The SMILES string of the molecule is C=C1C[C@@H]2O[C@@H]([CH]C=C2C)[C@H]1OCC. The summed E-state index contributed by atoms with van der Waals surface area (Å²) in [6.07, 6.45) is 5.49. The molecule has 1 fully saturated rings. The Hall–Kier alpha value is -0.600. The highest BCUT2D eigenvalue weighted by atomic mass is 16.5. The van der Waals surface area contributed by atoms with Crippen LogP contribution in [-0.2, 0) is 9.47 Å². The van der Waals surface area contributed by atoms with Gasteiger partial charge in [-0.3, -0.25) is 0 Å². The second-order valence-corrected chi connectivity index (χ2v) is 3.93. The lowest BCUT2D eigenvalue weighted by Crippen LogP contribution is -2.44. The standard InChI is InChI=1S/C12H17O2/c1-4-13-12-9(3)7-11-8(2)5-6-10(12)14-11/h5-6,10-12H,3-4,7H2,1-2H3/t10-,11-,12-/m0/s1. The molecule has 0 N–H and O–H groups in total. The molecule has 2 aliphatic heterocycles. The predicted molar refractivity (Wildman–Crippen MR) is 55.9 cm³/mol.